The predicted molar refractivity (Wildman–Crippen MR) is 80.6 cm³/mol. The van der Waals surface area contributed by atoms with Gasteiger partial charge in [0, 0.05) is 5.56 Å². The van der Waals surface area contributed by atoms with Crippen LogP contribution in [0, 0.1) is 0 Å². The molecule has 2 nitrogen and oxygen atoms in total. The van der Waals surface area contributed by atoms with Crippen LogP contribution in [0.25, 0.3) is 10.8 Å². The number of fused-ring (bicyclic) bond motifs is 1. The molecule has 0 fully saturated rings. The third kappa shape index (κ3) is 2.51. The van der Waals surface area contributed by atoms with Crippen LogP contribution in [0.3, 0.4) is 0 Å². The van der Waals surface area contributed by atoms with Crippen LogP contribution in [0.1, 0.15) is 11.1 Å². The first-order valence-corrected chi connectivity index (χ1v) is 6.66. The standard InChI is InChI=1S/C18H16O2/c19-12-17-16-9-5-4-8-15(16)10-11-18(17)20-13-14-6-2-1-3-7-14/h1-11,19H,12-13H2. The highest BCUT2D eigenvalue weighted by Crippen LogP contribution is 2.28. The maximum absolute atomic E-state index is 9.63. The summed E-state index contributed by atoms with van der Waals surface area (Å²) in [6.07, 6.45) is 0. The fourth-order valence-electron chi connectivity index (χ4n) is 2.35. The number of hydrogen-bond donors (Lipinski definition) is 1. The van der Waals surface area contributed by atoms with Gasteiger partial charge in [-0.05, 0) is 22.4 Å². The van der Waals surface area contributed by atoms with Gasteiger partial charge < -0.3 is 9.84 Å². The van der Waals surface area contributed by atoms with Gasteiger partial charge in [-0.25, -0.2) is 0 Å². The van der Waals surface area contributed by atoms with Crippen molar-refractivity contribution in [2.75, 3.05) is 0 Å². The second-order valence-electron chi connectivity index (χ2n) is 4.70. The quantitative estimate of drug-likeness (QED) is 0.774. The smallest absolute Gasteiger partial charge is 0.125 e. The molecule has 1 N–H and O–H groups in total. The summed E-state index contributed by atoms with van der Waals surface area (Å²) in [5.74, 6) is 0.745. The maximum Gasteiger partial charge on any atom is 0.125 e. The molecule has 0 unspecified atom stereocenters. The average molecular weight is 264 g/mol. The fraction of sp³-hybridized carbons (Fsp3) is 0.111. The van der Waals surface area contributed by atoms with Crippen LogP contribution in [0.4, 0.5) is 0 Å². The summed E-state index contributed by atoms with van der Waals surface area (Å²) in [5, 5.41) is 11.8. The molecule has 0 aliphatic heterocycles. The first-order chi connectivity index (χ1) is 9.88. The minimum atomic E-state index is -0.0223. The van der Waals surface area contributed by atoms with E-state index in [1.165, 1.54) is 0 Å². The highest BCUT2D eigenvalue weighted by atomic mass is 16.5. The third-order valence-corrected chi connectivity index (χ3v) is 3.39. The first kappa shape index (κ1) is 12.7. The molecule has 0 aliphatic carbocycles. The van der Waals surface area contributed by atoms with E-state index in [-0.39, 0.29) is 6.61 Å². The van der Waals surface area contributed by atoms with Gasteiger partial charge >= 0.3 is 0 Å². The molecular formula is C18H16O2. The summed E-state index contributed by atoms with van der Waals surface area (Å²) in [4.78, 5) is 0. The van der Waals surface area contributed by atoms with Gasteiger partial charge in [-0.15, -0.1) is 0 Å². The normalized spacial score (nSPS) is 10.7. The van der Waals surface area contributed by atoms with E-state index in [9.17, 15) is 5.11 Å². The number of ether oxygens (including phenoxy) is 1. The van der Waals surface area contributed by atoms with Crippen LogP contribution < -0.4 is 4.74 Å². The van der Waals surface area contributed by atoms with E-state index >= 15 is 0 Å². The molecule has 0 saturated carbocycles. The molecule has 0 atom stereocenters. The van der Waals surface area contributed by atoms with Crippen molar-refractivity contribution in [3.8, 4) is 5.75 Å². The van der Waals surface area contributed by atoms with E-state index in [1.54, 1.807) is 0 Å². The highest BCUT2D eigenvalue weighted by molar-refractivity contribution is 5.87. The molecule has 3 aromatic rings. The van der Waals surface area contributed by atoms with Gasteiger partial charge in [-0.1, -0.05) is 60.7 Å². The van der Waals surface area contributed by atoms with Crippen molar-refractivity contribution in [2.45, 2.75) is 13.2 Å². The molecule has 0 amide bonds. The van der Waals surface area contributed by atoms with E-state index in [2.05, 4.69) is 0 Å². The summed E-state index contributed by atoms with van der Waals surface area (Å²) in [5.41, 5.74) is 1.96. The fourth-order valence-corrected chi connectivity index (χ4v) is 2.35. The van der Waals surface area contributed by atoms with E-state index in [1.807, 2.05) is 66.7 Å². The first-order valence-electron chi connectivity index (χ1n) is 6.66. The van der Waals surface area contributed by atoms with Gasteiger partial charge in [0.2, 0.25) is 0 Å². The van der Waals surface area contributed by atoms with Crippen LogP contribution in [0.2, 0.25) is 0 Å². The van der Waals surface area contributed by atoms with Crippen molar-refractivity contribution in [2.24, 2.45) is 0 Å². The molecular weight excluding hydrogens is 248 g/mol. The zero-order chi connectivity index (χ0) is 13.8. The Balaban J connectivity index is 1.91. The van der Waals surface area contributed by atoms with Gasteiger partial charge in [0.05, 0.1) is 6.61 Å². The number of aliphatic hydroxyl groups is 1. The minimum Gasteiger partial charge on any atom is -0.489 e. The second kappa shape index (κ2) is 5.76. The van der Waals surface area contributed by atoms with Crippen LogP contribution in [0.5, 0.6) is 5.75 Å². The van der Waals surface area contributed by atoms with E-state index in [4.69, 9.17) is 4.74 Å². The van der Waals surface area contributed by atoms with Crippen molar-refractivity contribution in [1.82, 2.24) is 0 Å². The molecule has 0 bridgehead atoms. The Kier molecular flexibility index (Phi) is 3.66. The molecule has 0 aromatic heterocycles. The Morgan fingerprint density at radius 2 is 1.55 bits per heavy atom. The van der Waals surface area contributed by atoms with Crippen LogP contribution in [-0.2, 0) is 13.2 Å². The number of rotatable bonds is 4. The van der Waals surface area contributed by atoms with Crippen molar-refractivity contribution in [3.63, 3.8) is 0 Å². The summed E-state index contributed by atoms with van der Waals surface area (Å²) in [6.45, 7) is 0.484. The molecule has 0 heterocycles. The van der Waals surface area contributed by atoms with Crippen molar-refractivity contribution in [3.05, 3.63) is 77.9 Å². The summed E-state index contributed by atoms with van der Waals surface area (Å²) >= 11 is 0. The Hall–Kier alpha value is -2.32. The lowest BCUT2D eigenvalue weighted by molar-refractivity contribution is 0.261. The van der Waals surface area contributed by atoms with Crippen LogP contribution in [0.15, 0.2) is 66.7 Å². The van der Waals surface area contributed by atoms with Gasteiger partial charge in [0.15, 0.2) is 0 Å². The number of hydrogen-bond acceptors (Lipinski definition) is 2. The summed E-state index contributed by atoms with van der Waals surface area (Å²) < 4.78 is 5.86. The SMILES string of the molecule is OCc1c(OCc2ccccc2)ccc2ccccc12. The molecule has 20 heavy (non-hydrogen) atoms. The predicted octanol–water partition coefficient (Wildman–Crippen LogP) is 3.91. The topological polar surface area (TPSA) is 29.5 Å². The van der Waals surface area contributed by atoms with Gasteiger partial charge in [-0.3, -0.25) is 0 Å². The van der Waals surface area contributed by atoms with Crippen molar-refractivity contribution in [1.29, 1.82) is 0 Å². The van der Waals surface area contributed by atoms with Crippen LogP contribution >= 0.6 is 0 Å². The van der Waals surface area contributed by atoms with E-state index < -0.39 is 0 Å². The lowest BCUT2D eigenvalue weighted by Crippen LogP contribution is -1.99. The Labute approximate surface area is 118 Å². The second-order valence-corrected chi connectivity index (χ2v) is 4.70. The molecule has 0 radical (unpaired) electrons. The summed E-state index contributed by atoms with van der Waals surface area (Å²) in [6, 6.07) is 22.0. The van der Waals surface area contributed by atoms with Gasteiger partial charge in [0.25, 0.3) is 0 Å². The molecule has 100 valence electrons. The van der Waals surface area contributed by atoms with Gasteiger partial charge in [-0.2, -0.15) is 0 Å². The maximum atomic E-state index is 9.63. The Bertz CT molecular complexity index is 705. The highest BCUT2D eigenvalue weighted by Gasteiger charge is 2.07. The third-order valence-electron chi connectivity index (χ3n) is 3.39. The molecule has 0 aliphatic rings. The molecule has 0 spiro atoms. The van der Waals surface area contributed by atoms with Crippen LogP contribution in [-0.4, -0.2) is 5.11 Å². The molecule has 2 heteroatoms. The summed E-state index contributed by atoms with van der Waals surface area (Å²) in [7, 11) is 0. The largest absolute Gasteiger partial charge is 0.489 e. The van der Waals surface area contributed by atoms with E-state index in [0.29, 0.717) is 6.61 Å². The number of benzene rings is 3. The Morgan fingerprint density at radius 3 is 2.35 bits per heavy atom. The monoisotopic (exact) mass is 264 g/mol. The minimum absolute atomic E-state index is 0.0223. The molecule has 3 aromatic carbocycles. The van der Waals surface area contributed by atoms with E-state index in [0.717, 1.165) is 27.6 Å². The van der Waals surface area contributed by atoms with Gasteiger partial charge in [0.1, 0.15) is 12.4 Å². The molecule has 0 saturated heterocycles. The average Bonchev–Trinajstić information content (AvgIpc) is 2.53. The Morgan fingerprint density at radius 1 is 0.800 bits per heavy atom. The zero-order valence-electron chi connectivity index (χ0n) is 11.1. The lowest BCUT2D eigenvalue weighted by Gasteiger charge is -2.12. The zero-order valence-corrected chi connectivity index (χ0v) is 11.1. The lowest BCUT2D eigenvalue weighted by atomic mass is 10.0. The van der Waals surface area contributed by atoms with Crippen molar-refractivity contribution >= 4 is 10.8 Å². The number of aliphatic hydroxyl groups excluding tert-OH is 1. The molecule has 3 rings (SSSR count). The van der Waals surface area contributed by atoms with Crippen molar-refractivity contribution < 1.29 is 9.84 Å².